The topological polar surface area (TPSA) is 69.7 Å². The summed E-state index contributed by atoms with van der Waals surface area (Å²) in [6, 6.07) is 15.7. The molecule has 0 saturated carbocycles. The molecule has 0 heterocycles. The van der Waals surface area contributed by atoms with E-state index in [4.69, 9.17) is 9.47 Å². The highest BCUT2D eigenvalue weighted by atomic mass is 16.5. The molecule has 2 aromatic carbocycles. The van der Waals surface area contributed by atoms with E-state index >= 15 is 0 Å². The first-order chi connectivity index (χ1) is 12.1. The first-order valence-corrected chi connectivity index (χ1v) is 8.01. The van der Waals surface area contributed by atoms with Crippen LogP contribution < -0.4 is 4.74 Å². The number of ether oxygens (including phenoxy) is 2. The summed E-state index contributed by atoms with van der Waals surface area (Å²) in [5.74, 6) is 0.117. The lowest BCUT2D eigenvalue weighted by atomic mass is 10.1. The van der Waals surface area contributed by atoms with Crippen LogP contribution in [-0.4, -0.2) is 37.7 Å². The summed E-state index contributed by atoms with van der Waals surface area (Å²) in [6.45, 7) is 4.97. The fourth-order valence-electron chi connectivity index (χ4n) is 1.92. The lowest BCUT2D eigenvalue weighted by Crippen LogP contribution is -2.10. The molecule has 0 unspecified atom stereocenters. The number of para-hydroxylation sites is 1. The van der Waals surface area contributed by atoms with Crippen molar-refractivity contribution in [3.8, 4) is 5.75 Å². The van der Waals surface area contributed by atoms with Crippen molar-refractivity contribution in [2.45, 2.75) is 13.8 Å². The van der Waals surface area contributed by atoms with E-state index in [1.54, 1.807) is 42.5 Å². The Kier molecular flexibility index (Phi) is 9.48. The summed E-state index contributed by atoms with van der Waals surface area (Å²) in [4.78, 5) is 32.3. The molecular formula is C20H22O5. The largest absolute Gasteiger partial charge is 0.493 e. The number of aldehydes is 1. The number of carbonyl (C=O) groups is 3. The van der Waals surface area contributed by atoms with Gasteiger partial charge in [0.25, 0.3) is 0 Å². The average Bonchev–Trinajstić information content (AvgIpc) is 2.67. The Labute approximate surface area is 147 Å². The first kappa shape index (κ1) is 20.3. The van der Waals surface area contributed by atoms with Crippen LogP contribution in [0.1, 0.15) is 34.6 Å². The number of rotatable bonds is 8. The van der Waals surface area contributed by atoms with Crippen molar-refractivity contribution in [1.29, 1.82) is 0 Å². The molecule has 0 aliphatic rings. The van der Waals surface area contributed by atoms with Crippen molar-refractivity contribution in [2.24, 2.45) is 0 Å². The molecule has 0 spiro atoms. The van der Waals surface area contributed by atoms with Crippen LogP contribution in [0.5, 0.6) is 5.75 Å². The number of hydrogen-bond donors (Lipinski definition) is 0. The Hall–Kier alpha value is -2.79. The van der Waals surface area contributed by atoms with Gasteiger partial charge in [0, 0.05) is 12.2 Å². The van der Waals surface area contributed by atoms with E-state index in [1.807, 2.05) is 26.0 Å². The van der Waals surface area contributed by atoms with E-state index in [9.17, 15) is 14.4 Å². The highest BCUT2D eigenvalue weighted by Gasteiger charge is 2.11. The van der Waals surface area contributed by atoms with Crippen LogP contribution in [-0.2, 0) is 9.53 Å². The third-order valence-corrected chi connectivity index (χ3v) is 3.09. The predicted molar refractivity (Wildman–Crippen MR) is 95.3 cm³/mol. The summed E-state index contributed by atoms with van der Waals surface area (Å²) in [5, 5.41) is 0. The number of Topliss-reactive ketones (excluding diaryl/α,β-unsaturated/α-hetero) is 2. The molecule has 0 amide bonds. The van der Waals surface area contributed by atoms with Crippen LogP contribution in [0.25, 0.3) is 0 Å². The highest BCUT2D eigenvalue weighted by molar-refractivity contribution is 6.33. The molecule has 25 heavy (non-hydrogen) atoms. The summed E-state index contributed by atoms with van der Waals surface area (Å²) in [5.41, 5.74) is 1.03. The molecular weight excluding hydrogens is 320 g/mol. The van der Waals surface area contributed by atoms with Crippen molar-refractivity contribution < 1.29 is 23.9 Å². The van der Waals surface area contributed by atoms with E-state index in [-0.39, 0.29) is 12.4 Å². The van der Waals surface area contributed by atoms with Gasteiger partial charge in [0.1, 0.15) is 12.4 Å². The quantitative estimate of drug-likeness (QED) is 0.418. The lowest BCUT2D eigenvalue weighted by Gasteiger charge is -2.08. The van der Waals surface area contributed by atoms with Crippen molar-refractivity contribution in [3.63, 3.8) is 0 Å². The van der Waals surface area contributed by atoms with Gasteiger partial charge in [-0.05, 0) is 26.0 Å². The minimum Gasteiger partial charge on any atom is -0.493 e. The predicted octanol–water partition coefficient (Wildman–Crippen LogP) is 3.37. The van der Waals surface area contributed by atoms with E-state index in [2.05, 4.69) is 0 Å². The zero-order chi connectivity index (χ0) is 18.5. The maximum absolute atomic E-state index is 11.7. The van der Waals surface area contributed by atoms with Gasteiger partial charge in [0.15, 0.2) is 12.1 Å². The number of benzene rings is 2. The summed E-state index contributed by atoms with van der Waals surface area (Å²) in [7, 11) is 0. The second-order valence-electron chi connectivity index (χ2n) is 4.84. The van der Waals surface area contributed by atoms with Crippen molar-refractivity contribution in [3.05, 3.63) is 65.7 Å². The van der Waals surface area contributed by atoms with Crippen LogP contribution in [0, 0.1) is 0 Å². The summed E-state index contributed by atoms with van der Waals surface area (Å²) in [6.07, 6.45) is 0.315. The molecule has 0 radical (unpaired) electrons. The van der Waals surface area contributed by atoms with Crippen LogP contribution in [0.2, 0.25) is 0 Å². The Morgan fingerprint density at radius 2 is 1.56 bits per heavy atom. The standard InChI is InChI=1S/C12H16O3.C8H6O2/c1-3-14-9-11(13)10-7-5-6-8-12(10)15-4-2;9-6-8(10)7-4-2-1-3-5-7/h5-8H,3-4,9H2,1-2H3;1-6H. The van der Waals surface area contributed by atoms with Crippen LogP contribution >= 0.6 is 0 Å². The second-order valence-corrected chi connectivity index (χ2v) is 4.84. The van der Waals surface area contributed by atoms with E-state index in [0.29, 0.717) is 36.4 Å². The van der Waals surface area contributed by atoms with Crippen molar-refractivity contribution >= 4 is 17.9 Å². The van der Waals surface area contributed by atoms with Gasteiger partial charge in [-0.25, -0.2) is 0 Å². The molecule has 2 rings (SSSR count). The van der Waals surface area contributed by atoms with Gasteiger partial charge < -0.3 is 9.47 Å². The number of carbonyl (C=O) groups excluding carboxylic acids is 3. The normalized spacial score (nSPS) is 9.52. The molecule has 0 N–H and O–H groups in total. The number of hydrogen-bond acceptors (Lipinski definition) is 5. The van der Waals surface area contributed by atoms with Gasteiger partial charge in [0.05, 0.1) is 12.2 Å². The van der Waals surface area contributed by atoms with Crippen LogP contribution in [0.3, 0.4) is 0 Å². The molecule has 0 aromatic heterocycles. The highest BCUT2D eigenvalue weighted by Crippen LogP contribution is 2.18. The van der Waals surface area contributed by atoms with Gasteiger partial charge in [-0.2, -0.15) is 0 Å². The Morgan fingerprint density at radius 3 is 2.16 bits per heavy atom. The fraction of sp³-hybridized carbons (Fsp3) is 0.250. The van der Waals surface area contributed by atoms with E-state index in [1.165, 1.54) is 0 Å². The van der Waals surface area contributed by atoms with Gasteiger partial charge in [-0.15, -0.1) is 0 Å². The fourth-order valence-corrected chi connectivity index (χ4v) is 1.92. The molecule has 5 heteroatoms. The maximum atomic E-state index is 11.7. The third kappa shape index (κ3) is 7.10. The van der Waals surface area contributed by atoms with Crippen LogP contribution in [0.4, 0.5) is 0 Å². The minimum absolute atomic E-state index is 0.0408. The Morgan fingerprint density at radius 1 is 0.920 bits per heavy atom. The Bertz CT molecular complexity index is 679. The zero-order valence-corrected chi connectivity index (χ0v) is 14.4. The third-order valence-electron chi connectivity index (χ3n) is 3.09. The monoisotopic (exact) mass is 342 g/mol. The average molecular weight is 342 g/mol. The van der Waals surface area contributed by atoms with Gasteiger partial charge >= 0.3 is 0 Å². The van der Waals surface area contributed by atoms with Crippen molar-refractivity contribution in [2.75, 3.05) is 19.8 Å². The summed E-state index contributed by atoms with van der Waals surface area (Å²) >= 11 is 0. The van der Waals surface area contributed by atoms with Gasteiger partial charge in [-0.3, -0.25) is 14.4 Å². The first-order valence-electron chi connectivity index (χ1n) is 8.01. The second kappa shape index (κ2) is 11.7. The number of ketones is 2. The molecule has 5 nitrogen and oxygen atoms in total. The van der Waals surface area contributed by atoms with E-state index in [0.717, 1.165) is 0 Å². The molecule has 0 aliphatic carbocycles. The maximum Gasteiger partial charge on any atom is 0.225 e. The van der Waals surface area contributed by atoms with E-state index < -0.39 is 5.78 Å². The molecule has 0 saturated heterocycles. The SMILES string of the molecule is CCOCC(=O)c1ccccc1OCC.O=CC(=O)c1ccccc1. The Balaban J connectivity index is 0.000000271. The van der Waals surface area contributed by atoms with Crippen LogP contribution in [0.15, 0.2) is 54.6 Å². The minimum atomic E-state index is -0.472. The molecule has 0 fully saturated rings. The smallest absolute Gasteiger partial charge is 0.225 e. The zero-order valence-electron chi connectivity index (χ0n) is 14.4. The summed E-state index contributed by atoms with van der Waals surface area (Å²) < 4.78 is 10.4. The molecule has 0 atom stereocenters. The lowest BCUT2D eigenvalue weighted by molar-refractivity contribution is -0.104. The molecule has 2 aromatic rings. The molecule has 0 aliphatic heterocycles. The molecule has 0 bridgehead atoms. The van der Waals surface area contributed by atoms with Crippen molar-refractivity contribution in [1.82, 2.24) is 0 Å². The van der Waals surface area contributed by atoms with Gasteiger partial charge in [0.2, 0.25) is 5.78 Å². The molecule has 132 valence electrons. The van der Waals surface area contributed by atoms with Gasteiger partial charge in [-0.1, -0.05) is 42.5 Å².